The van der Waals surface area contributed by atoms with Crippen molar-refractivity contribution in [2.75, 3.05) is 5.32 Å². The number of carbonyl (C=O) groups is 1. The van der Waals surface area contributed by atoms with Crippen LogP contribution in [0.2, 0.25) is 0 Å². The van der Waals surface area contributed by atoms with Gasteiger partial charge in [0.05, 0.1) is 11.4 Å². The van der Waals surface area contributed by atoms with Crippen LogP contribution < -0.4 is 5.32 Å². The smallest absolute Gasteiger partial charge is 0.240 e. The molecule has 6 nitrogen and oxygen atoms in total. The van der Waals surface area contributed by atoms with Crippen LogP contribution >= 0.6 is 0 Å². The third kappa shape index (κ3) is 4.34. The summed E-state index contributed by atoms with van der Waals surface area (Å²) in [5, 5.41) is 2.62. The standard InChI is InChI=1S/C22H15N3O3/c26-13-23-19-7-1-16(2-8-19)22(17-3-9-20(10-4-17)24-14-27)18-5-11-21(12-6-18)25-15-28/h1-13,22H,(H,23,26). The van der Waals surface area contributed by atoms with E-state index >= 15 is 0 Å². The van der Waals surface area contributed by atoms with Crippen LogP contribution in [-0.4, -0.2) is 18.6 Å². The minimum absolute atomic E-state index is 0.103. The fourth-order valence-electron chi connectivity index (χ4n) is 3.01. The van der Waals surface area contributed by atoms with Gasteiger partial charge in [0.15, 0.2) is 0 Å². The molecule has 0 saturated heterocycles. The van der Waals surface area contributed by atoms with Gasteiger partial charge < -0.3 is 5.32 Å². The Kier molecular flexibility index (Phi) is 6.01. The Balaban J connectivity index is 2.05. The largest absolute Gasteiger partial charge is 0.329 e. The number of amides is 1. The van der Waals surface area contributed by atoms with Crippen LogP contribution in [0.4, 0.5) is 17.1 Å². The molecule has 28 heavy (non-hydrogen) atoms. The lowest BCUT2D eigenvalue weighted by Gasteiger charge is -2.19. The average molecular weight is 369 g/mol. The molecule has 136 valence electrons. The molecule has 0 unspecified atom stereocenters. The van der Waals surface area contributed by atoms with Gasteiger partial charge in [0, 0.05) is 11.6 Å². The van der Waals surface area contributed by atoms with Crippen LogP contribution in [0.5, 0.6) is 0 Å². The fourth-order valence-corrected chi connectivity index (χ4v) is 3.01. The molecule has 0 fully saturated rings. The number of hydrogen-bond acceptors (Lipinski definition) is 5. The van der Waals surface area contributed by atoms with E-state index in [-0.39, 0.29) is 5.92 Å². The van der Waals surface area contributed by atoms with Crippen LogP contribution in [0.3, 0.4) is 0 Å². The summed E-state index contributed by atoms with van der Waals surface area (Å²) in [6.45, 7) is 0. The highest BCUT2D eigenvalue weighted by atomic mass is 16.1. The maximum Gasteiger partial charge on any atom is 0.240 e. The molecule has 0 aliphatic heterocycles. The number of hydrogen-bond donors (Lipinski definition) is 1. The van der Waals surface area contributed by atoms with E-state index in [0.29, 0.717) is 23.5 Å². The molecule has 0 radical (unpaired) electrons. The summed E-state index contributed by atoms with van der Waals surface area (Å²) < 4.78 is 0. The summed E-state index contributed by atoms with van der Waals surface area (Å²) in [7, 11) is 0. The van der Waals surface area contributed by atoms with Gasteiger partial charge in [0.25, 0.3) is 0 Å². The molecule has 3 aromatic carbocycles. The number of isocyanates is 2. The zero-order valence-corrected chi connectivity index (χ0v) is 14.7. The van der Waals surface area contributed by atoms with Gasteiger partial charge in [-0.05, 0) is 53.1 Å². The van der Waals surface area contributed by atoms with Gasteiger partial charge in [-0.1, -0.05) is 36.4 Å². The first kappa shape index (κ1) is 18.7. The van der Waals surface area contributed by atoms with E-state index in [1.54, 1.807) is 24.3 Å². The van der Waals surface area contributed by atoms with Gasteiger partial charge in [-0.15, -0.1) is 0 Å². The highest BCUT2D eigenvalue weighted by Crippen LogP contribution is 2.34. The predicted molar refractivity (Wildman–Crippen MR) is 106 cm³/mol. The molecule has 0 saturated carbocycles. The fraction of sp³-hybridized carbons (Fsp3) is 0.0455. The molecule has 1 N–H and O–H groups in total. The Morgan fingerprint density at radius 1 is 0.679 bits per heavy atom. The second-order valence-electron chi connectivity index (χ2n) is 5.91. The first-order valence-corrected chi connectivity index (χ1v) is 8.41. The van der Waals surface area contributed by atoms with Crippen molar-refractivity contribution in [3.8, 4) is 0 Å². The molecule has 3 aromatic rings. The Labute approximate surface area is 161 Å². The molecule has 6 heteroatoms. The maximum atomic E-state index is 10.6. The summed E-state index contributed by atoms with van der Waals surface area (Å²) in [5.41, 5.74) is 4.75. The third-order valence-corrected chi connectivity index (χ3v) is 4.27. The normalized spacial score (nSPS) is 10.9. The van der Waals surface area contributed by atoms with Crippen LogP contribution in [0, 0.1) is 0 Å². The Morgan fingerprint density at radius 2 is 1.07 bits per heavy atom. The summed E-state index contributed by atoms with van der Waals surface area (Å²) in [5.74, 6) is -0.103. The first-order valence-electron chi connectivity index (χ1n) is 8.41. The van der Waals surface area contributed by atoms with Crippen molar-refractivity contribution in [1.82, 2.24) is 0 Å². The molecule has 0 aliphatic carbocycles. The van der Waals surface area contributed by atoms with Gasteiger partial charge in [-0.2, -0.15) is 9.98 Å². The van der Waals surface area contributed by atoms with E-state index in [9.17, 15) is 14.4 Å². The van der Waals surface area contributed by atoms with Crippen molar-refractivity contribution in [2.24, 2.45) is 9.98 Å². The van der Waals surface area contributed by atoms with Crippen molar-refractivity contribution in [3.63, 3.8) is 0 Å². The lowest BCUT2D eigenvalue weighted by atomic mass is 9.85. The van der Waals surface area contributed by atoms with Crippen molar-refractivity contribution in [3.05, 3.63) is 89.5 Å². The topological polar surface area (TPSA) is 88.0 Å². The van der Waals surface area contributed by atoms with E-state index in [1.807, 2.05) is 48.5 Å². The lowest BCUT2D eigenvalue weighted by molar-refractivity contribution is -0.105. The van der Waals surface area contributed by atoms with Gasteiger partial charge in [-0.3, -0.25) is 4.79 Å². The molecule has 1 amide bonds. The molecule has 0 aromatic heterocycles. The number of rotatable bonds is 7. The van der Waals surface area contributed by atoms with Crippen molar-refractivity contribution in [1.29, 1.82) is 0 Å². The molecule has 0 bridgehead atoms. The Bertz CT molecular complexity index is 984. The highest BCUT2D eigenvalue weighted by molar-refractivity contribution is 5.71. The van der Waals surface area contributed by atoms with E-state index in [2.05, 4.69) is 15.3 Å². The SMILES string of the molecule is O=C=Nc1ccc(C(c2ccc(N=C=O)cc2)c2ccc(NC=O)cc2)cc1. The molecule has 0 spiro atoms. The molecular weight excluding hydrogens is 354 g/mol. The summed E-state index contributed by atoms with van der Waals surface area (Å²) in [4.78, 5) is 38.8. The van der Waals surface area contributed by atoms with E-state index in [4.69, 9.17) is 0 Å². The van der Waals surface area contributed by atoms with Gasteiger partial charge in [-0.25, -0.2) is 9.59 Å². The molecule has 0 aliphatic rings. The number of aliphatic imine (C=N–C) groups is 2. The van der Waals surface area contributed by atoms with Gasteiger partial charge in [0.2, 0.25) is 18.6 Å². The number of benzene rings is 3. The van der Waals surface area contributed by atoms with Crippen molar-refractivity contribution >= 4 is 35.6 Å². The molecular formula is C22H15N3O3. The number of nitrogens with zero attached hydrogens (tertiary/aromatic N) is 2. The maximum absolute atomic E-state index is 10.6. The summed E-state index contributed by atoms with van der Waals surface area (Å²) in [6, 6.07) is 22.1. The van der Waals surface area contributed by atoms with Crippen molar-refractivity contribution < 1.29 is 14.4 Å². The minimum Gasteiger partial charge on any atom is -0.329 e. The van der Waals surface area contributed by atoms with Gasteiger partial charge >= 0.3 is 0 Å². The van der Waals surface area contributed by atoms with Crippen LogP contribution in [0.1, 0.15) is 22.6 Å². The average Bonchev–Trinajstić information content (AvgIpc) is 2.73. The zero-order chi connectivity index (χ0) is 19.8. The molecule has 0 heterocycles. The van der Waals surface area contributed by atoms with Crippen LogP contribution in [-0.2, 0) is 14.4 Å². The summed E-state index contributed by atoms with van der Waals surface area (Å²) >= 11 is 0. The Hall–Kier alpha value is -4.11. The minimum atomic E-state index is -0.103. The van der Waals surface area contributed by atoms with E-state index in [1.165, 1.54) is 12.2 Å². The quantitative estimate of drug-likeness (QED) is 0.290. The second-order valence-corrected chi connectivity index (χ2v) is 5.91. The lowest BCUT2D eigenvalue weighted by Crippen LogP contribution is -2.03. The van der Waals surface area contributed by atoms with Crippen molar-refractivity contribution in [2.45, 2.75) is 5.92 Å². The monoisotopic (exact) mass is 369 g/mol. The van der Waals surface area contributed by atoms with Crippen LogP contribution in [0.15, 0.2) is 82.8 Å². The number of nitrogens with one attached hydrogen (secondary N) is 1. The molecule has 0 atom stereocenters. The van der Waals surface area contributed by atoms with E-state index in [0.717, 1.165) is 16.7 Å². The zero-order valence-electron chi connectivity index (χ0n) is 14.7. The summed E-state index contributed by atoms with van der Waals surface area (Å²) in [6.07, 6.45) is 3.69. The number of anilines is 1. The predicted octanol–water partition coefficient (Wildman–Crippen LogP) is 4.37. The second kappa shape index (κ2) is 9.01. The third-order valence-electron chi connectivity index (χ3n) is 4.27. The van der Waals surface area contributed by atoms with Crippen LogP contribution in [0.25, 0.3) is 0 Å². The highest BCUT2D eigenvalue weighted by Gasteiger charge is 2.17. The molecule has 3 rings (SSSR count). The van der Waals surface area contributed by atoms with Gasteiger partial charge in [0.1, 0.15) is 0 Å². The van der Waals surface area contributed by atoms with E-state index < -0.39 is 0 Å². The number of carbonyl (C=O) groups excluding carboxylic acids is 3. The first-order chi connectivity index (χ1) is 13.7. The Morgan fingerprint density at radius 3 is 1.43 bits per heavy atom.